The lowest BCUT2D eigenvalue weighted by Gasteiger charge is -2.07. The number of benzene rings is 1. The summed E-state index contributed by atoms with van der Waals surface area (Å²) in [5.41, 5.74) is 0.509. The highest BCUT2D eigenvalue weighted by molar-refractivity contribution is 6.46. The van der Waals surface area contributed by atoms with Crippen molar-refractivity contribution in [1.82, 2.24) is 0 Å². The normalized spacial score (nSPS) is 17.6. The van der Waals surface area contributed by atoms with Gasteiger partial charge in [0.1, 0.15) is 17.2 Å². The molecule has 0 bridgehead atoms. The molecule has 0 spiro atoms. The fourth-order valence-corrected chi connectivity index (χ4v) is 1.56. The number of Topliss-reactive ketones (excluding diaryl/α,β-unsaturated/α-hetero) is 1. The standard InChI is InChI=1S/C11H11NO4/c1-15-7-2-3-8-10(6-7)16-5-4-9(12-14)11(8)13/h2-3,6,14H,4-5H2,1H3/b12-9-. The Morgan fingerprint density at radius 1 is 1.50 bits per heavy atom. The van der Waals surface area contributed by atoms with Gasteiger partial charge in [-0.15, -0.1) is 0 Å². The van der Waals surface area contributed by atoms with E-state index < -0.39 is 0 Å². The molecule has 0 amide bonds. The van der Waals surface area contributed by atoms with Crippen LogP contribution in [0.1, 0.15) is 16.8 Å². The summed E-state index contributed by atoms with van der Waals surface area (Å²) < 4.78 is 10.4. The van der Waals surface area contributed by atoms with Crippen LogP contribution in [0.25, 0.3) is 0 Å². The lowest BCUT2D eigenvalue weighted by atomic mass is 10.1. The minimum atomic E-state index is -0.308. The third kappa shape index (κ3) is 1.71. The molecule has 16 heavy (non-hydrogen) atoms. The van der Waals surface area contributed by atoms with Crippen LogP contribution in [0.4, 0.5) is 0 Å². The van der Waals surface area contributed by atoms with Crippen molar-refractivity contribution >= 4 is 11.5 Å². The maximum absolute atomic E-state index is 11.9. The number of nitrogens with zero attached hydrogens (tertiary/aromatic N) is 1. The fourth-order valence-electron chi connectivity index (χ4n) is 1.56. The molecule has 1 N–H and O–H groups in total. The third-order valence-electron chi connectivity index (χ3n) is 2.41. The lowest BCUT2D eigenvalue weighted by molar-refractivity contribution is 0.106. The second-order valence-corrected chi connectivity index (χ2v) is 3.34. The molecule has 0 aromatic heterocycles. The number of ether oxygens (including phenoxy) is 2. The van der Waals surface area contributed by atoms with Crippen molar-refractivity contribution in [2.75, 3.05) is 13.7 Å². The van der Waals surface area contributed by atoms with Crippen LogP contribution in [0.3, 0.4) is 0 Å². The molecule has 0 fully saturated rings. The van der Waals surface area contributed by atoms with E-state index in [1.54, 1.807) is 25.3 Å². The van der Waals surface area contributed by atoms with Gasteiger partial charge in [0.15, 0.2) is 0 Å². The summed E-state index contributed by atoms with van der Waals surface area (Å²) in [5, 5.41) is 11.7. The van der Waals surface area contributed by atoms with E-state index in [1.807, 2.05) is 0 Å². The Kier molecular flexibility index (Phi) is 2.76. The van der Waals surface area contributed by atoms with Crippen molar-refractivity contribution in [3.63, 3.8) is 0 Å². The monoisotopic (exact) mass is 221 g/mol. The molecular weight excluding hydrogens is 210 g/mol. The number of ketones is 1. The minimum Gasteiger partial charge on any atom is -0.497 e. The van der Waals surface area contributed by atoms with Gasteiger partial charge >= 0.3 is 0 Å². The van der Waals surface area contributed by atoms with Crippen LogP contribution in [-0.2, 0) is 0 Å². The van der Waals surface area contributed by atoms with Crippen molar-refractivity contribution < 1.29 is 19.5 Å². The van der Waals surface area contributed by atoms with Gasteiger partial charge in [-0.25, -0.2) is 0 Å². The highest BCUT2D eigenvalue weighted by atomic mass is 16.5. The van der Waals surface area contributed by atoms with E-state index in [4.69, 9.17) is 14.7 Å². The summed E-state index contributed by atoms with van der Waals surface area (Å²) in [6.07, 6.45) is 0.298. The van der Waals surface area contributed by atoms with Crippen LogP contribution in [0.5, 0.6) is 11.5 Å². The highest BCUT2D eigenvalue weighted by Crippen LogP contribution is 2.27. The molecule has 5 heteroatoms. The van der Waals surface area contributed by atoms with Crippen molar-refractivity contribution in [3.8, 4) is 11.5 Å². The predicted molar refractivity (Wildman–Crippen MR) is 56.7 cm³/mol. The number of carbonyl (C=O) groups excluding carboxylic acids is 1. The summed E-state index contributed by atoms with van der Waals surface area (Å²) in [6, 6.07) is 4.92. The predicted octanol–water partition coefficient (Wildman–Crippen LogP) is 1.49. The van der Waals surface area contributed by atoms with Crippen molar-refractivity contribution in [2.45, 2.75) is 6.42 Å². The lowest BCUT2D eigenvalue weighted by Crippen LogP contribution is -2.13. The molecule has 0 unspecified atom stereocenters. The van der Waals surface area contributed by atoms with Crippen molar-refractivity contribution in [1.29, 1.82) is 0 Å². The summed E-state index contributed by atoms with van der Waals surface area (Å²) in [4.78, 5) is 11.9. The molecular formula is C11H11NO4. The highest BCUT2D eigenvalue weighted by Gasteiger charge is 2.23. The first-order valence-corrected chi connectivity index (χ1v) is 4.82. The van der Waals surface area contributed by atoms with E-state index in [2.05, 4.69) is 5.16 Å². The van der Waals surface area contributed by atoms with Gasteiger partial charge in [0.2, 0.25) is 5.78 Å². The van der Waals surface area contributed by atoms with Crippen molar-refractivity contribution in [3.05, 3.63) is 23.8 Å². The Bertz CT molecular complexity index is 453. The van der Waals surface area contributed by atoms with Gasteiger partial charge in [-0.1, -0.05) is 5.16 Å². The van der Waals surface area contributed by atoms with Gasteiger partial charge in [0.05, 0.1) is 19.3 Å². The zero-order chi connectivity index (χ0) is 11.5. The molecule has 0 aliphatic carbocycles. The summed E-state index contributed by atoms with van der Waals surface area (Å²) in [7, 11) is 1.54. The molecule has 1 aliphatic heterocycles. The Morgan fingerprint density at radius 3 is 3.00 bits per heavy atom. The zero-order valence-corrected chi connectivity index (χ0v) is 8.77. The number of carbonyl (C=O) groups is 1. The van der Waals surface area contributed by atoms with Gasteiger partial charge in [-0.3, -0.25) is 4.79 Å². The molecule has 1 heterocycles. The second kappa shape index (κ2) is 4.22. The first-order valence-electron chi connectivity index (χ1n) is 4.82. The number of rotatable bonds is 1. The maximum atomic E-state index is 11.9. The number of hydrogen-bond acceptors (Lipinski definition) is 5. The van der Waals surface area contributed by atoms with Crippen LogP contribution >= 0.6 is 0 Å². The van der Waals surface area contributed by atoms with Crippen LogP contribution in [0.15, 0.2) is 23.4 Å². The molecule has 0 atom stereocenters. The SMILES string of the molecule is COc1ccc2c(c1)OCC/C(=N/O)C2=O. The number of methoxy groups -OCH3 is 1. The average molecular weight is 221 g/mol. The summed E-state index contributed by atoms with van der Waals surface area (Å²) >= 11 is 0. The minimum absolute atomic E-state index is 0.115. The number of hydrogen-bond donors (Lipinski definition) is 1. The summed E-state index contributed by atoms with van der Waals surface area (Å²) in [6.45, 7) is 0.311. The molecule has 0 radical (unpaired) electrons. The smallest absolute Gasteiger partial charge is 0.214 e. The van der Waals surface area contributed by atoms with E-state index in [9.17, 15) is 4.79 Å². The molecule has 5 nitrogen and oxygen atoms in total. The van der Waals surface area contributed by atoms with Crippen LogP contribution in [0, 0.1) is 0 Å². The quantitative estimate of drug-likeness (QED) is 0.576. The maximum Gasteiger partial charge on any atom is 0.214 e. The summed E-state index contributed by atoms with van der Waals surface area (Å²) in [5.74, 6) is 0.775. The molecule has 0 saturated carbocycles. The topological polar surface area (TPSA) is 68.1 Å². The molecule has 1 aromatic carbocycles. The van der Waals surface area contributed by atoms with E-state index in [0.717, 1.165) is 0 Å². The van der Waals surface area contributed by atoms with Gasteiger partial charge in [0, 0.05) is 12.5 Å². The Morgan fingerprint density at radius 2 is 2.31 bits per heavy atom. The van der Waals surface area contributed by atoms with Crippen LogP contribution < -0.4 is 9.47 Å². The largest absolute Gasteiger partial charge is 0.497 e. The van der Waals surface area contributed by atoms with Gasteiger partial charge < -0.3 is 14.7 Å². The molecule has 2 rings (SSSR count). The zero-order valence-electron chi connectivity index (χ0n) is 8.77. The number of oxime groups is 1. The van der Waals surface area contributed by atoms with Crippen LogP contribution in [0.2, 0.25) is 0 Å². The Labute approximate surface area is 92.3 Å². The van der Waals surface area contributed by atoms with Gasteiger partial charge in [-0.2, -0.15) is 0 Å². The second-order valence-electron chi connectivity index (χ2n) is 3.34. The molecule has 1 aromatic rings. The van der Waals surface area contributed by atoms with E-state index in [1.165, 1.54) is 0 Å². The van der Waals surface area contributed by atoms with E-state index in [0.29, 0.717) is 30.1 Å². The third-order valence-corrected chi connectivity index (χ3v) is 2.41. The molecule has 1 aliphatic rings. The fraction of sp³-hybridized carbons (Fsp3) is 0.273. The average Bonchev–Trinajstić information content (AvgIpc) is 2.48. The first kappa shape index (κ1) is 10.5. The van der Waals surface area contributed by atoms with E-state index >= 15 is 0 Å². The Balaban J connectivity index is 2.47. The molecule has 84 valence electrons. The Hall–Kier alpha value is -2.04. The van der Waals surface area contributed by atoms with Crippen LogP contribution in [-0.4, -0.2) is 30.4 Å². The first-order chi connectivity index (χ1) is 7.76. The van der Waals surface area contributed by atoms with Gasteiger partial charge in [0.25, 0.3) is 0 Å². The van der Waals surface area contributed by atoms with Gasteiger partial charge in [-0.05, 0) is 12.1 Å². The number of fused-ring (bicyclic) bond motifs is 1. The van der Waals surface area contributed by atoms with E-state index in [-0.39, 0.29) is 11.5 Å². The molecule has 0 saturated heterocycles. The van der Waals surface area contributed by atoms with Crippen molar-refractivity contribution in [2.24, 2.45) is 5.16 Å².